The van der Waals surface area contributed by atoms with E-state index in [1.165, 1.54) is 0 Å². The fourth-order valence-electron chi connectivity index (χ4n) is 2.11. The molecule has 0 saturated carbocycles. The van der Waals surface area contributed by atoms with Gasteiger partial charge >= 0.3 is 0 Å². The van der Waals surface area contributed by atoms with Gasteiger partial charge in [0.2, 0.25) is 0 Å². The molecule has 0 spiro atoms. The summed E-state index contributed by atoms with van der Waals surface area (Å²) in [6, 6.07) is 8.25. The van der Waals surface area contributed by atoms with E-state index < -0.39 is 0 Å². The summed E-state index contributed by atoms with van der Waals surface area (Å²) in [4.78, 5) is 11.9. The molecule has 0 aliphatic heterocycles. The molecule has 1 N–H and O–H groups in total. The van der Waals surface area contributed by atoms with Gasteiger partial charge in [0.15, 0.2) is 0 Å². The number of nitriles is 1. The van der Waals surface area contributed by atoms with Gasteiger partial charge in [0, 0.05) is 25.5 Å². The molecule has 0 saturated heterocycles. The highest BCUT2D eigenvalue weighted by Crippen LogP contribution is 2.22. The minimum Gasteiger partial charge on any atom is -0.342 e. The maximum Gasteiger partial charge on any atom is 0.107 e. The second-order valence-electron chi connectivity index (χ2n) is 4.46. The van der Waals surface area contributed by atoms with Crippen molar-refractivity contribution in [2.75, 3.05) is 0 Å². The number of nitrogens with zero attached hydrogens (tertiary/aromatic N) is 4. The van der Waals surface area contributed by atoms with E-state index in [0.717, 1.165) is 28.1 Å². The molecule has 0 radical (unpaired) electrons. The maximum atomic E-state index is 8.57. The molecule has 0 aliphatic carbocycles. The van der Waals surface area contributed by atoms with Crippen molar-refractivity contribution in [1.82, 2.24) is 19.5 Å². The van der Waals surface area contributed by atoms with Crippen LogP contribution in [0.5, 0.6) is 0 Å². The Morgan fingerprint density at radius 2 is 2.26 bits per heavy atom. The number of fused-ring (bicyclic) bond motifs is 1. The molecular weight excluding hydrogens is 238 g/mol. The first-order chi connectivity index (χ1) is 9.28. The van der Waals surface area contributed by atoms with E-state index in [1.807, 2.05) is 29.8 Å². The van der Waals surface area contributed by atoms with Gasteiger partial charge in [-0.1, -0.05) is 6.07 Å². The van der Waals surface area contributed by atoms with Crippen molar-refractivity contribution in [2.24, 2.45) is 7.05 Å². The number of aromatic nitrogens is 4. The summed E-state index contributed by atoms with van der Waals surface area (Å²) in [5, 5.41) is 8.57. The minimum atomic E-state index is 0.478. The van der Waals surface area contributed by atoms with Crippen LogP contribution in [0.25, 0.3) is 22.3 Å². The molecule has 0 fully saturated rings. The minimum absolute atomic E-state index is 0.478. The molecule has 5 nitrogen and oxygen atoms in total. The van der Waals surface area contributed by atoms with E-state index in [9.17, 15) is 0 Å². The van der Waals surface area contributed by atoms with E-state index in [1.54, 1.807) is 12.5 Å². The van der Waals surface area contributed by atoms with Crippen molar-refractivity contribution >= 4 is 11.0 Å². The second kappa shape index (κ2) is 4.58. The first kappa shape index (κ1) is 11.5. The largest absolute Gasteiger partial charge is 0.342 e. The van der Waals surface area contributed by atoms with Crippen LogP contribution < -0.4 is 0 Å². The number of imidazole rings is 2. The summed E-state index contributed by atoms with van der Waals surface area (Å²) in [6.45, 7) is 0. The smallest absolute Gasteiger partial charge is 0.107 e. The molecular formula is C14H13N5. The lowest BCUT2D eigenvalue weighted by molar-refractivity contribution is 0.918. The van der Waals surface area contributed by atoms with Crippen LogP contribution in [0.1, 0.15) is 12.2 Å². The quantitative estimate of drug-likeness (QED) is 0.777. The van der Waals surface area contributed by atoms with Crippen molar-refractivity contribution in [1.29, 1.82) is 5.26 Å². The standard InChI is InChI=1S/C14H13N5/c1-19-9-17-11-7-10(4-5-13(11)19)12-8-16-14(18-12)3-2-6-15/h4-5,7-9H,2-3H2,1H3,(H,16,18). The fraction of sp³-hybridized carbons (Fsp3) is 0.214. The van der Waals surface area contributed by atoms with Crippen molar-refractivity contribution in [3.05, 3.63) is 36.5 Å². The summed E-state index contributed by atoms with van der Waals surface area (Å²) < 4.78 is 1.99. The Bertz CT molecular complexity index is 760. The lowest BCUT2D eigenvalue weighted by Crippen LogP contribution is -1.87. The molecule has 0 bridgehead atoms. The lowest BCUT2D eigenvalue weighted by atomic mass is 10.1. The lowest BCUT2D eigenvalue weighted by Gasteiger charge is -1.99. The van der Waals surface area contributed by atoms with Crippen LogP contribution in [0.4, 0.5) is 0 Å². The fourth-order valence-corrected chi connectivity index (χ4v) is 2.11. The van der Waals surface area contributed by atoms with Gasteiger partial charge < -0.3 is 9.55 Å². The maximum absolute atomic E-state index is 8.57. The normalized spacial score (nSPS) is 10.7. The molecule has 2 heterocycles. The number of nitrogens with one attached hydrogen (secondary N) is 1. The number of hydrogen-bond donors (Lipinski definition) is 1. The predicted octanol–water partition coefficient (Wildman–Crippen LogP) is 2.42. The average molecular weight is 251 g/mol. The molecule has 19 heavy (non-hydrogen) atoms. The van der Waals surface area contributed by atoms with Gasteiger partial charge in [0.25, 0.3) is 0 Å². The highest BCUT2D eigenvalue weighted by molar-refractivity contribution is 5.81. The molecule has 0 amide bonds. The van der Waals surface area contributed by atoms with Crippen LogP contribution in [0.2, 0.25) is 0 Å². The topological polar surface area (TPSA) is 70.3 Å². The Morgan fingerprint density at radius 1 is 1.37 bits per heavy atom. The van der Waals surface area contributed by atoms with Crippen molar-refractivity contribution in [3.63, 3.8) is 0 Å². The van der Waals surface area contributed by atoms with E-state index in [-0.39, 0.29) is 0 Å². The zero-order chi connectivity index (χ0) is 13.2. The Hall–Kier alpha value is -2.61. The van der Waals surface area contributed by atoms with Gasteiger partial charge in [-0.15, -0.1) is 0 Å². The van der Waals surface area contributed by atoms with Gasteiger partial charge in [-0.3, -0.25) is 0 Å². The van der Waals surface area contributed by atoms with Crippen molar-refractivity contribution in [3.8, 4) is 17.3 Å². The Morgan fingerprint density at radius 3 is 3.11 bits per heavy atom. The van der Waals surface area contributed by atoms with E-state index >= 15 is 0 Å². The van der Waals surface area contributed by atoms with Gasteiger partial charge in [-0.05, 0) is 12.1 Å². The number of aromatic amines is 1. The van der Waals surface area contributed by atoms with Crippen molar-refractivity contribution in [2.45, 2.75) is 12.8 Å². The Kier molecular flexibility index (Phi) is 2.76. The highest BCUT2D eigenvalue weighted by atomic mass is 15.0. The predicted molar refractivity (Wildman–Crippen MR) is 72.2 cm³/mol. The average Bonchev–Trinajstić information content (AvgIpc) is 3.04. The Labute approximate surface area is 110 Å². The van der Waals surface area contributed by atoms with Crippen LogP contribution in [-0.2, 0) is 13.5 Å². The molecule has 3 rings (SSSR count). The molecule has 2 aromatic heterocycles. The third kappa shape index (κ3) is 2.08. The van der Waals surface area contributed by atoms with E-state index in [0.29, 0.717) is 12.8 Å². The zero-order valence-electron chi connectivity index (χ0n) is 10.6. The Balaban J connectivity index is 1.95. The van der Waals surface area contributed by atoms with Crippen LogP contribution in [-0.4, -0.2) is 19.5 Å². The zero-order valence-corrected chi connectivity index (χ0v) is 10.6. The summed E-state index contributed by atoms with van der Waals surface area (Å²) in [5.41, 5.74) is 4.09. The number of hydrogen-bond acceptors (Lipinski definition) is 3. The number of benzene rings is 1. The van der Waals surface area contributed by atoms with Gasteiger partial charge in [-0.2, -0.15) is 5.26 Å². The van der Waals surface area contributed by atoms with Crippen LogP contribution in [0.15, 0.2) is 30.7 Å². The van der Waals surface area contributed by atoms with Gasteiger partial charge in [0.05, 0.1) is 35.3 Å². The summed E-state index contributed by atoms with van der Waals surface area (Å²) >= 11 is 0. The van der Waals surface area contributed by atoms with Crippen LogP contribution in [0.3, 0.4) is 0 Å². The van der Waals surface area contributed by atoms with Crippen molar-refractivity contribution < 1.29 is 0 Å². The monoisotopic (exact) mass is 251 g/mol. The first-order valence-corrected chi connectivity index (χ1v) is 6.10. The summed E-state index contributed by atoms with van der Waals surface area (Å²) in [7, 11) is 1.98. The molecule has 5 heteroatoms. The molecule has 0 unspecified atom stereocenters. The van der Waals surface area contributed by atoms with Crippen LogP contribution in [0, 0.1) is 11.3 Å². The van der Waals surface area contributed by atoms with E-state index in [4.69, 9.17) is 5.26 Å². The molecule has 1 aromatic carbocycles. The number of rotatable bonds is 3. The second-order valence-corrected chi connectivity index (χ2v) is 4.46. The molecule has 3 aromatic rings. The molecule has 0 atom stereocenters. The summed E-state index contributed by atoms with van der Waals surface area (Å²) in [5.74, 6) is 0.845. The van der Waals surface area contributed by atoms with E-state index in [2.05, 4.69) is 21.0 Å². The molecule has 94 valence electrons. The highest BCUT2D eigenvalue weighted by Gasteiger charge is 2.06. The van der Waals surface area contributed by atoms with Crippen LogP contribution >= 0.6 is 0 Å². The van der Waals surface area contributed by atoms with Gasteiger partial charge in [-0.25, -0.2) is 9.97 Å². The SMILES string of the molecule is Cn1cnc2cc(-c3cnc(CCC#N)[nH]3)ccc21. The number of aryl methyl sites for hydroxylation is 2. The first-order valence-electron chi connectivity index (χ1n) is 6.10. The third-order valence-corrected chi connectivity index (χ3v) is 3.14. The summed E-state index contributed by atoms with van der Waals surface area (Å²) in [6.07, 6.45) is 4.74. The third-order valence-electron chi connectivity index (χ3n) is 3.14. The van der Waals surface area contributed by atoms with Gasteiger partial charge in [0.1, 0.15) is 5.82 Å². The molecule has 0 aliphatic rings. The number of H-pyrrole nitrogens is 1.